The fraction of sp³-hybridized carbons (Fsp3) is 0. The standard InChI is InChI=1S/3H3O4P.2H2S/c3*1-5(2,3)4;;/h3*(H3,1,2,3,4);2*1H2. The second-order valence-electron chi connectivity index (χ2n) is 1.54. The summed E-state index contributed by atoms with van der Waals surface area (Å²) in [6.07, 6.45) is 0. The predicted octanol–water partition coefficient (Wildman–Crippen LogP) is -2.56. The van der Waals surface area contributed by atoms with Gasteiger partial charge in [-0.2, -0.15) is 27.0 Å². The van der Waals surface area contributed by atoms with Gasteiger partial charge in [-0.1, -0.05) is 0 Å². The summed E-state index contributed by atoms with van der Waals surface area (Å²) < 4.78 is 26.6. The second kappa shape index (κ2) is 12.1. The molecule has 112 valence electrons. The Morgan fingerprint density at radius 3 is 0.412 bits per heavy atom. The van der Waals surface area contributed by atoms with Gasteiger partial charge in [0.1, 0.15) is 0 Å². The molecular formula is H13O12P3S2. The van der Waals surface area contributed by atoms with Gasteiger partial charge in [0.05, 0.1) is 0 Å². The van der Waals surface area contributed by atoms with Crippen LogP contribution in [0, 0.1) is 0 Å². The molecule has 0 saturated carbocycles. The summed E-state index contributed by atoms with van der Waals surface area (Å²) >= 11 is 0. The maximum Gasteiger partial charge on any atom is 0.466 e. The van der Waals surface area contributed by atoms with Gasteiger partial charge in [-0.25, -0.2) is 13.7 Å². The van der Waals surface area contributed by atoms with Gasteiger partial charge in [0.2, 0.25) is 0 Å². The van der Waals surface area contributed by atoms with Crippen LogP contribution in [0.4, 0.5) is 0 Å². The molecule has 17 heteroatoms. The van der Waals surface area contributed by atoms with Crippen LogP contribution in [0.1, 0.15) is 0 Å². The molecule has 0 aliphatic carbocycles. The first-order chi connectivity index (χ1) is 6.00. The highest BCUT2D eigenvalue weighted by Gasteiger charge is 2.01. The van der Waals surface area contributed by atoms with E-state index >= 15 is 0 Å². The van der Waals surface area contributed by atoms with Crippen LogP contribution in [0.3, 0.4) is 0 Å². The molecule has 0 fully saturated rings. The lowest BCUT2D eigenvalue weighted by Crippen LogP contribution is -1.66. The normalized spacial score (nSPS) is 10.4. The number of rotatable bonds is 0. The molecule has 17 heavy (non-hydrogen) atoms. The Morgan fingerprint density at radius 2 is 0.412 bits per heavy atom. The van der Waals surface area contributed by atoms with Crippen LogP contribution < -0.4 is 0 Å². The lowest BCUT2D eigenvalue weighted by Gasteiger charge is -1.82. The van der Waals surface area contributed by atoms with E-state index in [4.69, 9.17) is 57.7 Å². The summed E-state index contributed by atoms with van der Waals surface area (Å²) in [5.74, 6) is 0. The number of hydrogen-bond acceptors (Lipinski definition) is 3. The molecule has 0 aromatic carbocycles. The van der Waals surface area contributed by atoms with Gasteiger partial charge >= 0.3 is 23.5 Å². The fourth-order valence-corrected chi connectivity index (χ4v) is 0. The van der Waals surface area contributed by atoms with Crippen molar-refractivity contribution in [1.29, 1.82) is 0 Å². The van der Waals surface area contributed by atoms with Crippen molar-refractivity contribution >= 4 is 50.5 Å². The Hall–Kier alpha value is 1.03. The molecule has 12 nitrogen and oxygen atoms in total. The third-order valence-corrected chi connectivity index (χ3v) is 0. The van der Waals surface area contributed by atoms with E-state index in [1.165, 1.54) is 0 Å². The van der Waals surface area contributed by atoms with E-state index in [0.29, 0.717) is 0 Å². The highest BCUT2D eigenvalue weighted by Crippen LogP contribution is 2.26. The molecule has 0 aliphatic heterocycles. The zero-order chi connectivity index (χ0) is 13.5. The van der Waals surface area contributed by atoms with Gasteiger partial charge in [-0.3, -0.25) is 0 Å². The van der Waals surface area contributed by atoms with Gasteiger partial charge in [-0.05, 0) is 0 Å². The van der Waals surface area contributed by atoms with E-state index in [0.717, 1.165) is 0 Å². The highest BCUT2D eigenvalue weighted by atomic mass is 32.1. The van der Waals surface area contributed by atoms with Crippen LogP contribution in [0.25, 0.3) is 0 Å². The molecule has 0 aromatic rings. The topological polar surface area (TPSA) is 233 Å². The Labute approximate surface area is 109 Å². The van der Waals surface area contributed by atoms with Crippen LogP contribution in [0.5, 0.6) is 0 Å². The highest BCUT2D eigenvalue weighted by molar-refractivity contribution is 7.59. The first kappa shape index (κ1) is 30.8. The Morgan fingerprint density at radius 1 is 0.412 bits per heavy atom. The number of hydrogen-bond donors (Lipinski definition) is 9. The Balaban J connectivity index is -0.0000000400. The molecule has 0 saturated heterocycles. The van der Waals surface area contributed by atoms with Crippen LogP contribution in [0.15, 0.2) is 0 Å². The quantitative estimate of drug-likeness (QED) is 0.202. The van der Waals surface area contributed by atoms with E-state index in [9.17, 15) is 0 Å². The van der Waals surface area contributed by atoms with Crippen molar-refractivity contribution in [2.75, 3.05) is 0 Å². The first-order valence-corrected chi connectivity index (χ1v) is 7.04. The molecule has 0 unspecified atom stereocenters. The van der Waals surface area contributed by atoms with E-state index in [1.807, 2.05) is 0 Å². The maximum absolute atomic E-state index is 8.88. The molecule has 0 bridgehead atoms. The van der Waals surface area contributed by atoms with E-state index in [2.05, 4.69) is 0 Å². The van der Waals surface area contributed by atoms with Gasteiger partial charge in [0.15, 0.2) is 0 Å². The van der Waals surface area contributed by atoms with E-state index in [-0.39, 0.29) is 27.0 Å². The maximum atomic E-state index is 8.88. The predicted molar refractivity (Wildman–Crippen MR) is 63.6 cm³/mol. The average Bonchev–Trinajstić information content (AvgIpc) is 1.41. The van der Waals surface area contributed by atoms with Gasteiger partial charge in [0.25, 0.3) is 0 Å². The molecular weight excluding hydrogens is 349 g/mol. The van der Waals surface area contributed by atoms with Crippen LogP contribution in [0.2, 0.25) is 0 Å². The monoisotopic (exact) mass is 362 g/mol. The number of phosphoric acid groups is 3. The molecule has 0 rings (SSSR count). The van der Waals surface area contributed by atoms with Crippen molar-refractivity contribution < 1.29 is 57.7 Å². The second-order valence-corrected chi connectivity index (χ2v) is 4.62. The summed E-state index contributed by atoms with van der Waals surface area (Å²) in [4.78, 5) is 64.7. The zero-order valence-electron chi connectivity index (χ0n) is 7.59. The Bertz CT molecular complexity index is 206. The molecule has 9 N–H and O–H groups in total. The van der Waals surface area contributed by atoms with Gasteiger partial charge in [0, 0.05) is 0 Å². The average molecular weight is 362 g/mol. The lowest BCUT2D eigenvalue weighted by molar-refractivity contribution is 0.272. The van der Waals surface area contributed by atoms with Gasteiger partial charge in [-0.15, -0.1) is 0 Å². The molecule has 0 spiro atoms. The minimum atomic E-state index is -4.64. The molecule has 0 aliphatic rings. The molecule has 0 radical (unpaired) electrons. The van der Waals surface area contributed by atoms with Crippen molar-refractivity contribution in [2.24, 2.45) is 0 Å². The summed E-state index contributed by atoms with van der Waals surface area (Å²) in [5.41, 5.74) is 0. The molecule has 0 amide bonds. The third kappa shape index (κ3) is 3630. The minimum Gasteiger partial charge on any atom is -0.303 e. The van der Waals surface area contributed by atoms with E-state index < -0.39 is 23.5 Å². The van der Waals surface area contributed by atoms with Crippen LogP contribution >= 0.6 is 50.5 Å². The largest absolute Gasteiger partial charge is 0.466 e. The van der Waals surface area contributed by atoms with Crippen molar-refractivity contribution in [1.82, 2.24) is 0 Å². The Kier molecular flexibility index (Phi) is 21.9. The van der Waals surface area contributed by atoms with Crippen molar-refractivity contribution in [3.63, 3.8) is 0 Å². The van der Waals surface area contributed by atoms with Gasteiger partial charge < -0.3 is 44.0 Å². The van der Waals surface area contributed by atoms with Crippen molar-refractivity contribution in [2.45, 2.75) is 0 Å². The molecule has 0 aromatic heterocycles. The zero-order valence-corrected chi connectivity index (χ0v) is 12.3. The summed E-state index contributed by atoms with van der Waals surface area (Å²) in [6, 6.07) is 0. The van der Waals surface area contributed by atoms with Crippen LogP contribution in [-0.4, -0.2) is 44.0 Å². The molecule has 0 heterocycles. The third-order valence-electron chi connectivity index (χ3n) is 0. The SMILES string of the molecule is O=P(O)(O)O.O=P(O)(O)O.O=P(O)(O)O.S.S. The summed E-state index contributed by atoms with van der Waals surface area (Å²) in [5, 5.41) is 0. The fourth-order valence-electron chi connectivity index (χ4n) is 0. The smallest absolute Gasteiger partial charge is 0.303 e. The molecule has 0 atom stereocenters. The van der Waals surface area contributed by atoms with E-state index in [1.54, 1.807) is 0 Å². The van der Waals surface area contributed by atoms with Crippen molar-refractivity contribution in [3.8, 4) is 0 Å². The van der Waals surface area contributed by atoms with Crippen molar-refractivity contribution in [3.05, 3.63) is 0 Å². The van der Waals surface area contributed by atoms with Crippen LogP contribution in [-0.2, 0) is 13.7 Å². The first-order valence-electron chi connectivity index (χ1n) is 2.35. The lowest BCUT2D eigenvalue weighted by atomic mass is 15.8. The summed E-state index contributed by atoms with van der Waals surface area (Å²) in [7, 11) is -13.9. The minimum absolute atomic E-state index is 0. The summed E-state index contributed by atoms with van der Waals surface area (Å²) in [6.45, 7) is 0.